The van der Waals surface area contributed by atoms with Gasteiger partial charge in [-0.25, -0.2) is 0 Å². The predicted molar refractivity (Wildman–Crippen MR) is 416 cm³/mol. The van der Waals surface area contributed by atoms with Gasteiger partial charge in [0.2, 0.25) is 0 Å². The van der Waals surface area contributed by atoms with E-state index in [2.05, 4.69) is 377 Å². The number of ether oxygens (including phenoxy) is 2. The van der Waals surface area contributed by atoms with Crippen LogP contribution in [-0.2, 0) is 0 Å². The molecule has 99 heavy (non-hydrogen) atoms. The van der Waals surface area contributed by atoms with Gasteiger partial charge in [-0.2, -0.15) is 0 Å². The Morgan fingerprint density at radius 3 is 1.02 bits per heavy atom. The molecule has 6 aliphatic heterocycles. The van der Waals surface area contributed by atoms with Crippen LogP contribution in [0.2, 0.25) is 0 Å². The van der Waals surface area contributed by atoms with Crippen LogP contribution < -0.4 is 92.9 Å². The van der Waals surface area contributed by atoms with Crippen molar-refractivity contribution in [3.05, 3.63) is 322 Å². The van der Waals surface area contributed by atoms with Gasteiger partial charge in [0.05, 0.1) is 17.1 Å². The zero-order valence-corrected chi connectivity index (χ0v) is 54.8. The highest BCUT2D eigenvalue weighted by atomic mass is 16.5. The summed E-state index contributed by atoms with van der Waals surface area (Å²) in [6.07, 6.45) is 0. The minimum Gasteiger partial charge on any atom is -0.458 e. The van der Waals surface area contributed by atoms with Gasteiger partial charge in [0, 0.05) is 125 Å². The molecule has 0 saturated heterocycles. The molecule has 14 aromatic rings. The molecule has 0 radical (unpaired) electrons. The zero-order valence-electron chi connectivity index (χ0n) is 54.8. The van der Waals surface area contributed by atoms with Crippen LogP contribution in [-0.4, -0.2) is 41.3 Å². The third kappa shape index (κ3) is 8.71. The van der Waals surface area contributed by atoms with Crippen molar-refractivity contribution in [2.45, 2.75) is 0 Å². The molecule has 0 bridgehead atoms. The minimum absolute atomic E-state index is 0.145. The van der Waals surface area contributed by atoms with Gasteiger partial charge in [0.1, 0.15) is 23.0 Å². The van der Waals surface area contributed by atoms with E-state index in [1.807, 2.05) is 0 Å². The SMILES string of the molecule is CN1c2cc3c(cc2B2c4ccccc4Oc4cc(N(c5ccccc5)c5ccccc5)cc1c42)B1c2cc4c(cc2Oc2cc(N(c5ccccc5)c5ccccc5)cc(c21)N3C)N(C)c1cc(N(c2ccccc2)c2ccccc2)cc2c1B4c1ccccc1N2c1ccccc1. The quantitative estimate of drug-likeness (QED) is 0.125. The Balaban J connectivity index is 0.824. The van der Waals surface area contributed by atoms with E-state index in [0.29, 0.717) is 0 Å². The number of nitrogens with zero attached hydrogens (tertiary/aromatic N) is 7. The lowest BCUT2D eigenvalue weighted by Crippen LogP contribution is -2.65. The lowest BCUT2D eigenvalue weighted by molar-refractivity contribution is 0.487. The summed E-state index contributed by atoms with van der Waals surface area (Å²) in [5, 5.41) is 0. The second-order valence-electron chi connectivity index (χ2n) is 26.5. The molecule has 6 heterocycles. The lowest BCUT2D eigenvalue weighted by atomic mass is 9.29. The summed E-state index contributed by atoms with van der Waals surface area (Å²) < 4.78 is 14.9. The first kappa shape index (κ1) is 56.8. The van der Waals surface area contributed by atoms with Crippen LogP contribution in [0.1, 0.15) is 0 Å². The number of hydrogen-bond donors (Lipinski definition) is 0. The molecule has 0 spiro atoms. The van der Waals surface area contributed by atoms with Gasteiger partial charge < -0.3 is 43.8 Å². The van der Waals surface area contributed by atoms with Crippen LogP contribution in [0.15, 0.2) is 322 Å². The number of anilines is 18. The molecule has 0 atom stereocenters. The summed E-state index contributed by atoms with van der Waals surface area (Å²) in [7, 11) is 6.75. The van der Waals surface area contributed by atoms with Crippen LogP contribution in [0.25, 0.3) is 0 Å². The van der Waals surface area contributed by atoms with Crippen molar-refractivity contribution in [1.82, 2.24) is 0 Å². The van der Waals surface area contributed by atoms with Crippen LogP contribution in [0, 0.1) is 0 Å². The van der Waals surface area contributed by atoms with Gasteiger partial charge in [-0.05, 0) is 177 Å². The van der Waals surface area contributed by atoms with Gasteiger partial charge >= 0.3 is 0 Å². The molecule has 0 saturated carbocycles. The Morgan fingerprint density at radius 1 is 0.222 bits per heavy atom. The van der Waals surface area contributed by atoms with Gasteiger partial charge in [-0.1, -0.05) is 176 Å². The van der Waals surface area contributed by atoms with Crippen molar-refractivity contribution in [3.8, 4) is 23.0 Å². The third-order valence-corrected chi connectivity index (χ3v) is 21.2. The summed E-state index contributed by atoms with van der Waals surface area (Å²) in [5.74, 6) is 3.37. The molecular weight excluding hydrogens is 1210 g/mol. The Labute approximate surface area is 577 Å². The number of hydrogen-bond acceptors (Lipinski definition) is 9. The van der Waals surface area contributed by atoms with E-state index in [4.69, 9.17) is 9.47 Å². The molecule has 20 rings (SSSR count). The molecule has 12 heteroatoms. The van der Waals surface area contributed by atoms with Gasteiger partial charge in [0.25, 0.3) is 20.1 Å². The Hall–Kier alpha value is -12.5. The smallest absolute Gasteiger partial charge is 0.256 e. The maximum Gasteiger partial charge on any atom is 0.256 e. The highest BCUT2D eigenvalue weighted by Crippen LogP contribution is 2.50. The highest BCUT2D eigenvalue weighted by molar-refractivity contribution is 7.04. The predicted octanol–water partition coefficient (Wildman–Crippen LogP) is 15.9. The summed E-state index contributed by atoms with van der Waals surface area (Å²) in [5.41, 5.74) is 30.3. The molecule has 0 amide bonds. The minimum atomic E-state index is -0.246. The maximum absolute atomic E-state index is 7.74. The fraction of sp³-hybridized carbons (Fsp3) is 0.0345. The summed E-state index contributed by atoms with van der Waals surface area (Å²) in [4.78, 5) is 16.9. The van der Waals surface area contributed by atoms with Crippen molar-refractivity contribution in [3.63, 3.8) is 0 Å². The fourth-order valence-corrected chi connectivity index (χ4v) is 16.9. The first-order chi connectivity index (χ1) is 48.9. The second-order valence-corrected chi connectivity index (χ2v) is 26.5. The molecule has 0 aliphatic carbocycles. The molecule has 466 valence electrons. The second kappa shape index (κ2) is 22.3. The van der Waals surface area contributed by atoms with E-state index in [0.717, 1.165) is 147 Å². The van der Waals surface area contributed by atoms with E-state index in [1.54, 1.807) is 0 Å². The van der Waals surface area contributed by atoms with E-state index < -0.39 is 0 Å². The Morgan fingerprint density at radius 2 is 0.556 bits per heavy atom. The number of benzene rings is 14. The van der Waals surface area contributed by atoms with E-state index in [9.17, 15) is 0 Å². The standard InChI is InChI=1S/C87H62B3N7O2/c1-91-74-55-75-70(53-69(74)89-68-44-26-28-46-81(68)98-83-51-65(48-78(91)86(83)89)95(59-33-15-6-16-34-59)60-35-17-7-18-36-60)90-72-54-71-76(56-82(72)99-84-52-66(49-79(87(84)90)92(75)2)96(61-37-19-8-20-38-61)62-39-21-9-22-40-62)93(3)77-47-64(94(57-29-11-4-12-30-57)58-31-13-5-14-32-58)50-80-85(77)88(71)67-43-25-27-45-73(67)97(80)63-41-23-10-24-42-63/h4-56H,1-3H3. The molecule has 0 unspecified atom stereocenters. The van der Waals surface area contributed by atoms with Crippen LogP contribution in [0.3, 0.4) is 0 Å². The Bertz CT molecular complexity index is 5450. The van der Waals surface area contributed by atoms with E-state index >= 15 is 0 Å². The molecule has 14 aromatic carbocycles. The molecule has 0 fully saturated rings. The number of rotatable bonds is 10. The van der Waals surface area contributed by atoms with Crippen molar-refractivity contribution in [2.24, 2.45) is 0 Å². The average molecular weight is 1270 g/mol. The van der Waals surface area contributed by atoms with Crippen LogP contribution in [0.4, 0.5) is 102 Å². The monoisotopic (exact) mass is 1270 g/mol. The zero-order chi connectivity index (χ0) is 65.6. The van der Waals surface area contributed by atoms with Crippen molar-refractivity contribution < 1.29 is 9.47 Å². The first-order valence-electron chi connectivity index (χ1n) is 34.1. The summed E-state index contributed by atoms with van der Waals surface area (Å²) in [6, 6.07) is 117. The maximum atomic E-state index is 7.74. The fourth-order valence-electron chi connectivity index (χ4n) is 16.9. The molecule has 6 aliphatic rings. The molecule has 0 N–H and O–H groups in total. The van der Waals surface area contributed by atoms with Crippen molar-refractivity contribution in [1.29, 1.82) is 0 Å². The number of fused-ring (bicyclic) bond motifs is 12. The topological polar surface area (TPSA) is 41.1 Å². The molecule has 0 aromatic heterocycles. The van der Waals surface area contributed by atoms with Crippen molar-refractivity contribution >= 4 is 172 Å². The summed E-state index contributed by atoms with van der Waals surface area (Å²) >= 11 is 0. The summed E-state index contributed by atoms with van der Waals surface area (Å²) in [6.45, 7) is -0.536. The van der Waals surface area contributed by atoms with Gasteiger partial charge in [-0.15, -0.1) is 0 Å². The molecular formula is C87H62B3N7O2. The lowest BCUT2D eigenvalue weighted by Gasteiger charge is -2.45. The van der Waals surface area contributed by atoms with E-state index in [-0.39, 0.29) is 20.1 Å². The van der Waals surface area contributed by atoms with Gasteiger partial charge in [0.15, 0.2) is 0 Å². The van der Waals surface area contributed by atoms with Gasteiger partial charge in [-0.3, -0.25) is 0 Å². The molecule has 9 nitrogen and oxygen atoms in total. The van der Waals surface area contributed by atoms with Crippen molar-refractivity contribution in [2.75, 3.05) is 55.4 Å². The first-order valence-corrected chi connectivity index (χ1v) is 34.1. The normalized spacial score (nSPS) is 13.4. The Kier molecular flexibility index (Phi) is 12.8. The largest absolute Gasteiger partial charge is 0.458 e. The van der Waals surface area contributed by atoms with E-state index in [1.165, 1.54) is 27.3 Å². The highest BCUT2D eigenvalue weighted by Gasteiger charge is 2.49. The number of para-hydroxylation sites is 9. The third-order valence-electron chi connectivity index (χ3n) is 21.2. The van der Waals surface area contributed by atoms with Crippen LogP contribution >= 0.6 is 0 Å². The van der Waals surface area contributed by atoms with Crippen LogP contribution in [0.5, 0.6) is 23.0 Å². The average Bonchev–Trinajstić information content (AvgIpc) is 0.693.